The van der Waals surface area contributed by atoms with Gasteiger partial charge in [0.05, 0.1) is 18.3 Å². The normalized spacial score (nSPS) is 12.1. The number of anilines is 1. The van der Waals surface area contributed by atoms with E-state index in [1.165, 1.54) is 0 Å². The second-order valence-corrected chi connectivity index (χ2v) is 6.17. The van der Waals surface area contributed by atoms with Crippen LogP contribution in [-0.2, 0) is 11.3 Å². The van der Waals surface area contributed by atoms with Gasteiger partial charge in [0.1, 0.15) is 6.33 Å². The van der Waals surface area contributed by atoms with Gasteiger partial charge >= 0.3 is 6.03 Å². The summed E-state index contributed by atoms with van der Waals surface area (Å²) in [5, 5.41) is 16.0. The summed E-state index contributed by atoms with van der Waals surface area (Å²) in [6, 6.07) is 11.5. The van der Waals surface area contributed by atoms with Crippen LogP contribution < -0.4 is 10.6 Å². The number of carbonyl (C=O) groups is 1. The van der Waals surface area contributed by atoms with Crippen LogP contribution in [0.15, 0.2) is 42.7 Å². The molecule has 1 heterocycles. The quantitative estimate of drug-likeness (QED) is 0.713. The van der Waals surface area contributed by atoms with Gasteiger partial charge in [-0.25, -0.2) is 4.79 Å². The van der Waals surface area contributed by atoms with Crippen molar-refractivity contribution in [2.45, 2.75) is 26.4 Å². The van der Waals surface area contributed by atoms with Crippen LogP contribution in [0.3, 0.4) is 0 Å². The van der Waals surface area contributed by atoms with Crippen molar-refractivity contribution in [3.63, 3.8) is 0 Å². The molecule has 0 aliphatic carbocycles. The second-order valence-electron chi connectivity index (χ2n) is 6.17. The molecule has 2 aromatic carbocycles. The Morgan fingerprint density at radius 1 is 1.27 bits per heavy atom. The average Bonchev–Trinajstić information content (AvgIpc) is 3.11. The number of ether oxygens (including phenoxy) is 1. The van der Waals surface area contributed by atoms with Crippen molar-refractivity contribution < 1.29 is 9.53 Å². The van der Waals surface area contributed by atoms with E-state index >= 15 is 0 Å². The molecule has 0 bridgehead atoms. The lowest BCUT2D eigenvalue weighted by Crippen LogP contribution is -2.33. The van der Waals surface area contributed by atoms with Crippen LogP contribution in [0.1, 0.15) is 24.4 Å². The van der Waals surface area contributed by atoms with Gasteiger partial charge in [-0.3, -0.25) is 0 Å². The zero-order chi connectivity index (χ0) is 18.5. The predicted molar refractivity (Wildman–Crippen MR) is 101 cm³/mol. The molecule has 2 N–H and O–H groups in total. The zero-order valence-corrected chi connectivity index (χ0v) is 15.2. The second kappa shape index (κ2) is 7.97. The summed E-state index contributed by atoms with van der Waals surface area (Å²) in [5.74, 6) is 0.687. The van der Waals surface area contributed by atoms with Crippen molar-refractivity contribution in [2.75, 3.05) is 19.0 Å². The first-order chi connectivity index (χ1) is 12.6. The van der Waals surface area contributed by atoms with Crippen molar-refractivity contribution in [3.8, 4) is 0 Å². The number of aryl methyl sites for hydroxylation is 1. The lowest BCUT2D eigenvalue weighted by atomic mass is 10.0. The maximum absolute atomic E-state index is 12.5. The molecule has 0 aliphatic rings. The standard InChI is InChI=1S/C19H23N5O2/c1-13-8-9-15-6-4-5-7-16(15)17(13)22-19(25)21-14(2)18-23-20-12-24(18)10-11-26-3/h4-9,12,14H,10-11H2,1-3H3,(H2,21,22,25)/t14-/m0/s1. The molecule has 2 amide bonds. The SMILES string of the molecule is COCCn1cnnc1[C@H](C)NC(=O)Nc1c(C)ccc2ccccc12. The van der Waals surface area contributed by atoms with Gasteiger partial charge in [0.15, 0.2) is 5.82 Å². The van der Waals surface area contributed by atoms with Gasteiger partial charge in [0, 0.05) is 19.0 Å². The summed E-state index contributed by atoms with van der Waals surface area (Å²) in [7, 11) is 1.64. The number of hydrogen-bond acceptors (Lipinski definition) is 4. The first-order valence-corrected chi connectivity index (χ1v) is 8.52. The number of urea groups is 1. The fourth-order valence-corrected chi connectivity index (χ4v) is 2.92. The Bertz CT molecular complexity index is 906. The van der Waals surface area contributed by atoms with Gasteiger partial charge in [0.2, 0.25) is 0 Å². The van der Waals surface area contributed by atoms with E-state index in [4.69, 9.17) is 4.74 Å². The van der Waals surface area contributed by atoms with E-state index in [9.17, 15) is 4.79 Å². The molecule has 0 saturated heterocycles. The number of carbonyl (C=O) groups excluding carboxylic acids is 1. The number of nitrogens with zero attached hydrogens (tertiary/aromatic N) is 3. The Morgan fingerprint density at radius 3 is 2.88 bits per heavy atom. The lowest BCUT2D eigenvalue weighted by Gasteiger charge is -2.17. The minimum absolute atomic E-state index is 0.279. The molecular weight excluding hydrogens is 330 g/mol. The monoisotopic (exact) mass is 353 g/mol. The summed E-state index contributed by atoms with van der Waals surface area (Å²) < 4.78 is 6.96. The molecule has 3 aromatic rings. The summed E-state index contributed by atoms with van der Waals surface area (Å²) in [6.45, 7) is 5.05. The van der Waals surface area contributed by atoms with Gasteiger partial charge in [-0.1, -0.05) is 36.4 Å². The van der Waals surface area contributed by atoms with Crippen molar-refractivity contribution >= 4 is 22.5 Å². The van der Waals surface area contributed by atoms with Gasteiger partial charge in [-0.05, 0) is 24.8 Å². The van der Waals surface area contributed by atoms with E-state index in [0.717, 1.165) is 22.0 Å². The fraction of sp³-hybridized carbons (Fsp3) is 0.316. The van der Waals surface area contributed by atoms with Crippen molar-refractivity contribution in [2.24, 2.45) is 0 Å². The van der Waals surface area contributed by atoms with Crippen LogP contribution in [0.2, 0.25) is 0 Å². The topological polar surface area (TPSA) is 81.1 Å². The van der Waals surface area contributed by atoms with Gasteiger partial charge in [-0.15, -0.1) is 10.2 Å². The van der Waals surface area contributed by atoms with E-state index in [2.05, 4.69) is 26.9 Å². The highest BCUT2D eigenvalue weighted by molar-refractivity contribution is 6.02. The van der Waals surface area contributed by atoms with Crippen LogP contribution in [0, 0.1) is 6.92 Å². The molecular formula is C19H23N5O2. The Hall–Kier alpha value is -2.93. The van der Waals surface area contributed by atoms with Crippen molar-refractivity contribution in [1.29, 1.82) is 0 Å². The van der Waals surface area contributed by atoms with E-state index < -0.39 is 0 Å². The number of aromatic nitrogens is 3. The summed E-state index contributed by atoms with van der Waals surface area (Å²) in [6.07, 6.45) is 1.64. The Morgan fingerprint density at radius 2 is 2.08 bits per heavy atom. The smallest absolute Gasteiger partial charge is 0.319 e. The predicted octanol–water partition coefficient (Wildman–Crippen LogP) is 3.27. The number of rotatable bonds is 6. The van der Waals surface area contributed by atoms with Crippen LogP contribution in [0.25, 0.3) is 10.8 Å². The minimum atomic E-state index is -0.287. The highest BCUT2D eigenvalue weighted by atomic mass is 16.5. The molecule has 7 nitrogen and oxygen atoms in total. The van der Waals surface area contributed by atoms with E-state index in [1.807, 2.05) is 48.7 Å². The largest absolute Gasteiger partial charge is 0.383 e. The Labute approximate surface area is 152 Å². The van der Waals surface area contributed by atoms with Gasteiger partial charge in [-0.2, -0.15) is 0 Å². The third kappa shape index (κ3) is 3.83. The van der Waals surface area contributed by atoms with Crippen LogP contribution in [0.5, 0.6) is 0 Å². The Kier molecular flexibility index (Phi) is 5.48. The van der Waals surface area contributed by atoms with Gasteiger partial charge < -0.3 is 19.9 Å². The summed E-state index contributed by atoms with van der Waals surface area (Å²) >= 11 is 0. The molecule has 0 fully saturated rings. The van der Waals surface area contributed by atoms with Crippen LogP contribution in [-0.4, -0.2) is 34.5 Å². The van der Waals surface area contributed by atoms with E-state index in [1.54, 1.807) is 13.4 Å². The van der Waals surface area contributed by atoms with Crippen molar-refractivity contribution in [3.05, 3.63) is 54.1 Å². The number of nitrogens with one attached hydrogen (secondary N) is 2. The average molecular weight is 353 g/mol. The van der Waals surface area contributed by atoms with Crippen LogP contribution in [0.4, 0.5) is 10.5 Å². The molecule has 3 rings (SSSR count). The number of amides is 2. The summed E-state index contributed by atoms with van der Waals surface area (Å²) in [5.41, 5.74) is 1.82. The molecule has 0 aliphatic heterocycles. The highest BCUT2D eigenvalue weighted by Crippen LogP contribution is 2.27. The number of benzene rings is 2. The minimum Gasteiger partial charge on any atom is -0.383 e. The van der Waals surface area contributed by atoms with Crippen molar-refractivity contribution in [1.82, 2.24) is 20.1 Å². The Balaban J connectivity index is 1.74. The first-order valence-electron chi connectivity index (χ1n) is 8.52. The third-order valence-electron chi connectivity index (χ3n) is 4.29. The zero-order valence-electron chi connectivity index (χ0n) is 15.2. The van der Waals surface area contributed by atoms with Crippen LogP contribution >= 0.6 is 0 Å². The molecule has 0 radical (unpaired) electrons. The molecule has 26 heavy (non-hydrogen) atoms. The molecule has 136 valence electrons. The number of methoxy groups -OCH3 is 1. The maximum atomic E-state index is 12.5. The molecule has 7 heteroatoms. The van der Waals surface area contributed by atoms with E-state index in [-0.39, 0.29) is 12.1 Å². The number of hydrogen-bond donors (Lipinski definition) is 2. The highest BCUT2D eigenvalue weighted by Gasteiger charge is 2.16. The number of fused-ring (bicyclic) bond motifs is 1. The molecule has 1 aromatic heterocycles. The van der Waals surface area contributed by atoms with E-state index in [0.29, 0.717) is 19.0 Å². The third-order valence-corrected chi connectivity index (χ3v) is 4.29. The first kappa shape index (κ1) is 17.9. The lowest BCUT2D eigenvalue weighted by molar-refractivity contribution is 0.185. The maximum Gasteiger partial charge on any atom is 0.319 e. The molecule has 0 spiro atoms. The molecule has 1 atom stereocenters. The molecule has 0 saturated carbocycles. The van der Waals surface area contributed by atoms with Gasteiger partial charge in [0.25, 0.3) is 0 Å². The molecule has 0 unspecified atom stereocenters. The fourth-order valence-electron chi connectivity index (χ4n) is 2.92. The summed E-state index contributed by atoms with van der Waals surface area (Å²) in [4.78, 5) is 12.5.